The number of hydrogen-bond acceptors (Lipinski definition) is 6. The third kappa shape index (κ3) is 4.39. The maximum absolute atomic E-state index is 13.0. The number of carbonyl (C=O) groups is 3. The van der Waals surface area contributed by atoms with E-state index in [1.165, 1.54) is 7.11 Å². The van der Waals surface area contributed by atoms with Gasteiger partial charge in [-0.25, -0.2) is 14.4 Å². The van der Waals surface area contributed by atoms with Gasteiger partial charge in [-0.2, -0.15) is 0 Å². The average Bonchev–Trinajstić information content (AvgIpc) is 3.23. The molecular formula is C22H23NO6. The van der Waals surface area contributed by atoms with Gasteiger partial charge in [0.25, 0.3) is 0 Å². The smallest absolute Gasteiger partial charge is 0.411 e. The molecule has 0 bridgehead atoms. The van der Waals surface area contributed by atoms with Crippen LogP contribution in [0.4, 0.5) is 4.79 Å². The second kappa shape index (κ2) is 9.23. The van der Waals surface area contributed by atoms with E-state index in [9.17, 15) is 14.4 Å². The van der Waals surface area contributed by atoms with Crippen molar-refractivity contribution in [2.75, 3.05) is 13.7 Å². The lowest BCUT2D eigenvalue weighted by Gasteiger charge is -2.32. The fourth-order valence-corrected chi connectivity index (χ4v) is 3.38. The summed E-state index contributed by atoms with van der Waals surface area (Å²) in [7, 11) is 1.18. The lowest BCUT2D eigenvalue weighted by molar-refractivity contribution is -0.171. The van der Waals surface area contributed by atoms with E-state index >= 15 is 0 Å². The Morgan fingerprint density at radius 2 is 1.41 bits per heavy atom. The highest BCUT2D eigenvalue weighted by atomic mass is 16.6. The van der Waals surface area contributed by atoms with Crippen LogP contribution >= 0.6 is 0 Å². The van der Waals surface area contributed by atoms with E-state index < -0.39 is 23.6 Å². The molecule has 0 N–H and O–H groups in total. The highest BCUT2D eigenvalue weighted by Gasteiger charge is 2.59. The number of nitrogens with zero attached hydrogens (tertiary/aromatic N) is 1. The van der Waals surface area contributed by atoms with Gasteiger partial charge < -0.3 is 14.2 Å². The number of likely N-dealkylation sites (tertiary alicyclic amines) is 1. The molecule has 1 saturated heterocycles. The summed E-state index contributed by atoms with van der Waals surface area (Å²) in [4.78, 5) is 39.4. The predicted octanol–water partition coefficient (Wildman–Crippen LogP) is 3.07. The monoisotopic (exact) mass is 397 g/mol. The van der Waals surface area contributed by atoms with E-state index in [2.05, 4.69) is 0 Å². The van der Waals surface area contributed by atoms with Crippen molar-refractivity contribution in [2.24, 2.45) is 0 Å². The zero-order valence-electron chi connectivity index (χ0n) is 16.2. The molecule has 1 heterocycles. The van der Waals surface area contributed by atoms with Crippen molar-refractivity contribution < 1.29 is 28.6 Å². The van der Waals surface area contributed by atoms with Crippen molar-refractivity contribution in [3.63, 3.8) is 0 Å². The Labute approximate surface area is 169 Å². The zero-order chi connectivity index (χ0) is 20.7. The fourth-order valence-electron chi connectivity index (χ4n) is 3.38. The summed E-state index contributed by atoms with van der Waals surface area (Å²) in [5.74, 6) is -1.65. The summed E-state index contributed by atoms with van der Waals surface area (Å²) in [6.45, 7) is 0.223. The lowest BCUT2D eigenvalue weighted by atomic mass is 9.96. The van der Waals surface area contributed by atoms with Crippen molar-refractivity contribution in [1.82, 2.24) is 4.90 Å². The van der Waals surface area contributed by atoms with E-state index in [1.807, 2.05) is 48.5 Å². The number of carbonyl (C=O) groups excluding carboxylic acids is 3. The van der Waals surface area contributed by atoms with Gasteiger partial charge in [0.2, 0.25) is 5.54 Å². The fraction of sp³-hybridized carbons (Fsp3) is 0.318. The molecule has 0 radical (unpaired) electrons. The second-order valence-electron chi connectivity index (χ2n) is 6.71. The largest absolute Gasteiger partial charge is 0.467 e. The maximum Gasteiger partial charge on any atom is 0.411 e. The molecule has 29 heavy (non-hydrogen) atoms. The van der Waals surface area contributed by atoms with Crippen LogP contribution in [0.1, 0.15) is 24.0 Å². The first kappa shape index (κ1) is 20.4. The van der Waals surface area contributed by atoms with Gasteiger partial charge in [0, 0.05) is 6.54 Å². The number of hydrogen-bond donors (Lipinski definition) is 0. The van der Waals surface area contributed by atoms with E-state index in [0.717, 1.165) is 16.0 Å². The van der Waals surface area contributed by atoms with Crippen molar-refractivity contribution in [2.45, 2.75) is 31.6 Å². The van der Waals surface area contributed by atoms with E-state index in [0.29, 0.717) is 6.42 Å². The highest BCUT2D eigenvalue weighted by molar-refractivity contribution is 6.07. The van der Waals surface area contributed by atoms with Crippen LogP contribution < -0.4 is 0 Å². The van der Waals surface area contributed by atoms with E-state index in [4.69, 9.17) is 14.2 Å². The van der Waals surface area contributed by atoms with Crippen LogP contribution in [0, 0.1) is 0 Å². The first-order valence-corrected chi connectivity index (χ1v) is 9.36. The predicted molar refractivity (Wildman–Crippen MR) is 104 cm³/mol. The first-order chi connectivity index (χ1) is 14.1. The number of methoxy groups -OCH3 is 1. The summed E-state index contributed by atoms with van der Waals surface area (Å²) in [6, 6.07) is 18.3. The summed E-state index contributed by atoms with van der Waals surface area (Å²) in [5.41, 5.74) is -0.260. The number of ether oxygens (including phenoxy) is 3. The molecule has 1 aliphatic rings. The number of benzene rings is 2. The van der Waals surface area contributed by atoms with E-state index in [1.54, 1.807) is 12.1 Å². The molecule has 1 atom stereocenters. The Morgan fingerprint density at radius 1 is 0.862 bits per heavy atom. The molecule has 0 unspecified atom stereocenters. The van der Waals surface area contributed by atoms with E-state index in [-0.39, 0.29) is 26.2 Å². The molecule has 3 rings (SSSR count). The third-order valence-corrected chi connectivity index (χ3v) is 4.88. The van der Waals surface area contributed by atoms with Crippen LogP contribution in [-0.2, 0) is 37.0 Å². The molecular weight excluding hydrogens is 374 g/mol. The quantitative estimate of drug-likeness (QED) is 0.423. The van der Waals surface area contributed by atoms with Crippen LogP contribution in [0.5, 0.6) is 0 Å². The second-order valence-corrected chi connectivity index (χ2v) is 6.71. The minimum absolute atomic E-state index is 0.00861. The summed E-state index contributed by atoms with van der Waals surface area (Å²) >= 11 is 0. The molecule has 1 fully saturated rings. The summed E-state index contributed by atoms with van der Waals surface area (Å²) in [6.07, 6.45) is -0.183. The zero-order valence-corrected chi connectivity index (χ0v) is 16.2. The van der Waals surface area contributed by atoms with Crippen molar-refractivity contribution in [1.29, 1.82) is 0 Å². The van der Waals surface area contributed by atoms with Gasteiger partial charge in [-0.3, -0.25) is 4.90 Å². The van der Waals surface area contributed by atoms with Gasteiger partial charge in [-0.1, -0.05) is 60.7 Å². The number of amides is 1. The molecule has 2 aromatic rings. The van der Waals surface area contributed by atoms with Crippen molar-refractivity contribution >= 4 is 18.0 Å². The Bertz CT molecular complexity index is 854. The average molecular weight is 397 g/mol. The SMILES string of the molecule is COC(=O)[C@]1(C(=O)OCc2ccccc2)CCCN1C(=O)OCc1ccccc1. The minimum atomic E-state index is -1.84. The topological polar surface area (TPSA) is 82.1 Å². The summed E-state index contributed by atoms with van der Waals surface area (Å²) < 4.78 is 15.6. The summed E-state index contributed by atoms with van der Waals surface area (Å²) in [5, 5.41) is 0. The van der Waals surface area contributed by atoms with Gasteiger partial charge in [0.15, 0.2) is 0 Å². The van der Waals surface area contributed by atoms with Gasteiger partial charge in [0.1, 0.15) is 13.2 Å². The van der Waals surface area contributed by atoms with Crippen LogP contribution in [0.25, 0.3) is 0 Å². The Morgan fingerprint density at radius 3 is 1.97 bits per heavy atom. The molecule has 0 spiro atoms. The molecule has 7 nitrogen and oxygen atoms in total. The van der Waals surface area contributed by atoms with Gasteiger partial charge in [-0.05, 0) is 24.0 Å². The molecule has 1 amide bonds. The Balaban J connectivity index is 1.74. The minimum Gasteiger partial charge on any atom is -0.467 e. The molecule has 7 heteroatoms. The standard InChI is InChI=1S/C22H23NO6/c1-27-19(24)22(20(25)28-15-17-9-4-2-5-10-17)13-8-14-23(22)21(26)29-16-18-11-6-3-7-12-18/h2-7,9-12H,8,13-16H2,1H3/t22-/m0/s1. The lowest BCUT2D eigenvalue weighted by Crippen LogP contribution is -2.59. The van der Waals surface area contributed by atoms with Crippen LogP contribution in [0.3, 0.4) is 0 Å². The molecule has 0 saturated carbocycles. The number of esters is 2. The molecule has 2 aromatic carbocycles. The van der Waals surface area contributed by atoms with Crippen LogP contribution in [-0.4, -0.2) is 42.1 Å². The molecule has 0 aromatic heterocycles. The van der Waals surface area contributed by atoms with Crippen molar-refractivity contribution in [3.05, 3.63) is 71.8 Å². The normalized spacial score (nSPS) is 18.2. The first-order valence-electron chi connectivity index (χ1n) is 9.36. The highest BCUT2D eigenvalue weighted by Crippen LogP contribution is 2.33. The third-order valence-electron chi connectivity index (χ3n) is 4.88. The van der Waals surface area contributed by atoms with Gasteiger partial charge >= 0.3 is 18.0 Å². The number of rotatable bonds is 6. The van der Waals surface area contributed by atoms with Crippen molar-refractivity contribution in [3.8, 4) is 0 Å². The molecule has 1 aliphatic heterocycles. The Hall–Kier alpha value is -3.35. The van der Waals surface area contributed by atoms with Gasteiger partial charge in [-0.15, -0.1) is 0 Å². The van der Waals surface area contributed by atoms with Crippen LogP contribution in [0.15, 0.2) is 60.7 Å². The Kier molecular flexibility index (Phi) is 6.49. The maximum atomic E-state index is 13.0. The molecule has 0 aliphatic carbocycles. The van der Waals surface area contributed by atoms with Crippen LogP contribution in [0.2, 0.25) is 0 Å². The molecule has 152 valence electrons. The van der Waals surface area contributed by atoms with Gasteiger partial charge in [0.05, 0.1) is 7.11 Å².